The van der Waals surface area contributed by atoms with E-state index in [4.69, 9.17) is 14.2 Å². The van der Waals surface area contributed by atoms with Gasteiger partial charge in [-0.1, -0.05) is 6.07 Å². The van der Waals surface area contributed by atoms with E-state index in [2.05, 4.69) is 69.0 Å². The predicted molar refractivity (Wildman–Crippen MR) is 247 cm³/mol. The van der Waals surface area contributed by atoms with Gasteiger partial charge in [0.1, 0.15) is 23.8 Å². The van der Waals surface area contributed by atoms with Gasteiger partial charge in [0.15, 0.2) is 0 Å². The van der Waals surface area contributed by atoms with E-state index in [1.807, 2.05) is 24.3 Å². The molecule has 0 saturated carbocycles. The van der Waals surface area contributed by atoms with Crippen LogP contribution in [0, 0.1) is 5.92 Å². The highest BCUT2D eigenvalue weighted by Crippen LogP contribution is 2.39. The molecule has 3 aliphatic heterocycles. The van der Waals surface area contributed by atoms with Crippen LogP contribution in [0.3, 0.4) is 0 Å². The number of rotatable bonds is 16. The van der Waals surface area contributed by atoms with Gasteiger partial charge in [0.05, 0.1) is 25.2 Å². The Labute approximate surface area is 373 Å². The minimum Gasteiger partial charge on any atom is -0.496 e. The summed E-state index contributed by atoms with van der Waals surface area (Å²) in [5.41, 5.74) is 4.98. The van der Waals surface area contributed by atoms with Crippen molar-refractivity contribution in [2.45, 2.75) is 54.8 Å². The molecule has 0 spiro atoms. The standard InChI is InChI=1S/C44H55N7O7S3/c1-45-41(53)37(6-5-19-52)51-25-29-7-8-31(22-32(29)43(51)55)50-13-10-28(11-14-50)9-12-48-15-17-49(18-16-48)27-36-38(56-3)20-30(21-39(36)57-4)35-26-47(2)42(54)34-24-46-40(23-33(34)35)58-44(59,60)61/h7-8,19-24,26,28,37,59-61H,5-6,9-18,25,27H2,1-4H3,(H,45,53). The van der Waals surface area contributed by atoms with Gasteiger partial charge < -0.3 is 43.6 Å². The number of aryl methyl sites for hydroxylation is 1. The maximum absolute atomic E-state index is 13.5. The molecule has 1 unspecified atom stereocenters. The molecule has 2 amide bonds. The van der Waals surface area contributed by atoms with Gasteiger partial charge in [0.25, 0.3) is 11.5 Å². The molecule has 14 nitrogen and oxygen atoms in total. The Bertz CT molecular complexity index is 2300. The summed E-state index contributed by atoms with van der Waals surface area (Å²) < 4.78 is 17.8. The highest BCUT2D eigenvalue weighted by atomic mass is 32.2. The number of fused-ring (bicyclic) bond motifs is 2. The van der Waals surface area contributed by atoms with E-state index in [9.17, 15) is 19.2 Å². The second-order valence-corrected chi connectivity index (χ2v) is 19.0. The first kappa shape index (κ1) is 44.6. The Kier molecular flexibility index (Phi) is 14.1. The molecule has 5 heterocycles. The third-order valence-electron chi connectivity index (χ3n) is 12.3. The smallest absolute Gasteiger partial charge is 0.259 e. The van der Waals surface area contributed by atoms with Crippen molar-refractivity contribution in [3.8, 4) is 28.5 Å². The number of aromatic nitrogens is 2. The van der Waals surface area contributed by atoms with E-state index in [-0.39, 0.29) is 29.7 Å². The Hall–Kier alpha value is -4.42. The molecule has 1 N–H and O–H groups in total. The van der Waals surface area contributed by atoms with Crippen molar-refractivity contribution >= 4 is 72.4 Å². The molecule has 0 radical (unpaired) electrons. The number of benzene rings is 2. The molecule has 1 atom stereocenters. The second-order valence-electron chi connectivity index (χ2n) is 16.0. The average Bonchev–Trinajstić information content (AvgIpc) is 3.58. The minimum atomic E-state index is -1.36. The van der Waals surface area contributed by atoms with Crippen LogP contribution in [-0.4, -0.2) is 119 Å². The number of ether oxygens (including phenoxy) is 3. The van der Waals surface area contributed by atoms with Crippen molar-refractivity contribution in [2.75, 3.05) is 72.0 Å². The summed E-state index contributed by atoms with van der Waals surface area (Å²) >= 11 is 12.7. The molecule has 17 heteroatoms. The number of carbonyl (C=O) groups is 3. The molecule has 61 heavy (non-hydrogen) atoms. The molecule has 326 valence electrons. The van der Waals surface area contributed by atoms with Crippen LogP contribution in [0.1, 0.15) is 53.6 Å². The van der Waals surface area contributed by atoms with Crippen molar-refractivity contribution in [1.29, 1.82) is 0 Å². The number of carbonyl (C=O) groups excluding carboxylic acids is 3. The Morgan fingerprint density at radius 2 is 1.64 bits per heavy atom. The van der Waals surface area contributed by atoms with Crippen LogP contribution in [-0.2, 0) is 29.7 Å². The molecular weight excluding hydrogens is 835 g/mol. The third kappa shape index (κ3) is 10.1. The first-order valence-corrected chi connectivity index (χ1v) is 22.0. The molecule has 2 aromatic carbocycles. The zero-order valence-corrected chi connectivity index (χ0v) is 37.8. The summed E-state index contributed by atoms with van der Waals surface area (Å²) in [6.45, 7) is 7.78. The van der Waals surface area contributed by atoms with Crippen LogP contribution < -0.4 is 30.0 Å². The van der Waals surface area contributed by atoms with Crippen molar-refractivity contribution in [2.24, 2.45) is 13.0 Å². The van der Waals surface area contributed by atoms with Crippen molar-refractivity contribution in [3.05, 3.63) is 75.8 Å². The van der Waals surface area contributed by atoms with Gasteiger partial charge in [-0.05, 0) is 73.5 Å². The molecule has 0 bridgehead atoms. The number of thiol groups is 3. The summed E-state index contributed by atoms with van der Waals surface area (Å²) in [5, 5.41) is 3.73. The topological polar surface area (TPSA) is 139 Å². The van der Waals surface area contributed by atoms with Gasteiger partial charge in [-0.25, -0.2) is 4.98 Å². The summed E-state index contributed by atoms with van der Waals surface area (Å²) in [5.74, 6) is 1.87. The van der Waals surface area contributed by atoms with Crippen molar-refractivity contribution < 1.29 is 28.6 Å². The second kappa shape index (κ2) is 19.3. The van der Waals surface area contributed by atoms with Gasteiger partial charge in [-0.15, -0.1) is 37.9 Å². The normalized spacial score (nSPS) is 17.1. The number of piperidine rings is 1. The largest absolute Gasteiger partial charge is 0.496 e. The third-order valence-corrected chi connectivity index (χ3v) is 12.6. The molecular formula is C44H55N7O7S3. The Morgan fingerprint density at radius 1 is 0.951 bits per heavy atom. The number of nitrogens with one attached hydrogen (secondary N) is 1. The average molecular weight is 890 g/mol. The highest BCUT2D eigenvalue weighted by Gasteiger charge is 2.36. The highest BCUT2D eigenvalue weighted by molar-refractivity contribution is 8.16. The Balaban J connectivity index is 0.929. The van der Waals surface area contributed by atoms with Crippen LogP contribution in [0.4, 0.5) is 5.69 Å². The molecule has 2 aromatic heterocycles. The molecule has 2 fully saturated rings. The van der Waals surface area contributed by atoms with Gasteiger partial charge in [0.2, 0.25) is 15.4 Å². The Morgan fingerprint density at radius 3 is 2.28 bits per heavy atom. The fraction of sp³-hybridized carbons (Fsp3) is 0.477. The zero-order chi connectivity index (χ0) is 43.4. The van der Waals surface area contributed by atoms with E-state index < -0.39 is 9.64 Å². The number of methoxy groups -OCH3 is 2. The van der Waals surface area contributed by atoms with Gasteiger partial charge in [-0.2, -0.15) is 0 Å². The summed E-state index contributed by atoms with van der Waals surface area (Å²) in [6, 6.07) is 11.1. The number of anilines is 1. The maximum Gasteiger partial charge on any atom is 0.259 e. The van der Waals surface area contributed by atoms with Crippen molar-refractivity contribution in [3.63, 3.8) is 0 Å². The van der Waals surface area contributed by atoms with Gasteiger partial charge in [0, 0.05) is 114 Å². The van der Waals surface area contributed by atoms with E-state index in [1.165, 1.54) is 10.8 Å². The van der Waals surface area contributed by atoms with E-state index in [0.29, 0.717) is 53.3 Å². The number of hydrogen-bond acceptors (Lipinski definition) is 14. The first-order valence-electron chi connectivity index (χ1n) is 20.7. The van der Waals surface area contributed by atoms with E-state index in [0.717, 1.165) is 99.3 Å². The number of aldehydes is 1. The predicted octanol–water partition coefficient (Wildman–Crippen LogP) is 4.87. The number of piperazine rings is 1. The quantitative estimate of drug-likeness (QED) is 0.0697. The van der Waals surface area contributed by atoms with Crippen molar-refractivity contribution in [1.82, 2.24) is 29.6 Å². The number of pyridine rings is 2. The van der Waals surface area contributed by atoms with E-state index in [1.54, 1.807) is 45.5 Å². The summed E-state index contributed by atoms with van der Waals surface area (Å²) in [6.07, 6.45) is 7.95. The van der Waals surface area contributed by atoms with Crippen LogP contribution in [0.25, 0.3) is 21.9 Å². The van der Waals surface area contributed by atoms with Gasteiger partial charge in [-0.3, -0.25) is 19.3 Å². The number of nitrogens with zero attached hydrogens (tertiary/aromatic N) is 6. The zero-order valence-electron chi connectivity index (χ0n) is 35.1. The lowest BCUT2D eigenvalue weighted by atomic mass is 9.92. The summed E-state index contributed by atoms with van der Waals surface area (Å²) in [7, 11) is 6.59. The minimum absolute atomic E-state index is 0.150. The molecule has 2 saturated heterocycles. The fourth-order valence-corrected chi connectivity index (χ4v) is 9.16. The SMILES string of the molecule is CNC(=O)C(CCC=O)N1Cc2ccc(N3CCC(CCN4CCN(Cc5c(OC)cc(-c6cn(C)c(=O)c7cnc(OC(S)(S)S)cc67)cc5OC)CC4)CC3)cc2C1=O. The van der Waals surface area contributed by atoms with Gasteiger partial charge >= 0.3 is 0 Å². The molecule has 4 aromatic rings. The molecule has 7 rings (SSSR count). The number of hydrogen-bond donors (Lipinski definition) is 4. The molecule has 0 aliphatic carbocycles. The number of amides is 2. The lowest BCUT2D eigenvalue weighted by Gasteiger charge is -2.37. The first-order chi connectivity index (χ1) is 29.3. The van der Waals surface area contributed by atoms with Crippen LogP contribution in [0.2, 0.25) is 0 Å². The van der Waals surface area contributed by atoms with Crippen LogP contribution in [0.15, 0.2) is 53.6 Å². The monoisotopic (exact) mass is 889 g/mol. The number of likely N-dealkylation sites (N-methyl/N-ethyl adjacent to an activating group) is 1. The van der Waals surface area contributed by atoms with Crippen LogP contribution >= 0.6 is 37.9 Å². The molecule has 3 aliphatic rings. The van der Waals surface area contributed by atoms with E-state index >= 15 is 0 Å². The summed E-state index contributed by atoms with van der Waals surface area (Å²) in [4.78, 5) is 63.5. The maximum atomic E-state index is 13.5. The fourth-order valence-electron chi connectivity index (χ4n) is 8.88. The van der Waals surface area contributed by atoms with Crippen LogP contribution in [0.5, 0.6) is 17.4 Å². The lowest BCUT2D eigenvalue weighted by molar-refractivity contribution is -0.125. The lowest BCUT2D eigenvalue weighted by Crippen LogP contribution is -2.46.